The summed E-state index contributed by atoms with van der Waals surface area (Å²) in [7, 11) is 0. The molecule has 1 atom stereocenters. The first-order valence-corrected chi connectivity index (χ1v) is 10.2. The summed E-state index contributed by atoms with van der Waals surface area (Å²) in [5.41, 5.74) is 2.44. The van der Waals surface area contributed by atoms with Crippen LogP contribution in [0.3, 0.4) is 0 Å². The highest BCUT2D eigenvalue weighted by atomic mass is 32.2. The maximum atomic E-state index is 12.9. The number of ketones is 1. The smallest absolute Gasteiger partial charge is 0.262 e. The second kappa shape index (κ2) is 8.53. The number of aryl methyl sites for hydroxylation is 1. The fourth-order valence-electron chi connectivity index (χ4n) is 2.92. The normalized spacial score (nSPS) is 12.3. The van der Waals surface area contributed by atoms with Crippen molar-refractivity contribution in [2.24, 2.45) is 0 Å². The van der Waals surface area contributed by atoms with Gasteiger partial charge in [0.1, 0.15) is 0 Å². The average molecular weight is 381 g/mol. The number of benzene rings is 2. The van der Waals surface area contributed by atoms with Gasteiger partial charge in [-0.05, 0) is 32.4 Å². The molecule has 0 aliphatic heterocycles. The number of carbonyl (C=O) groups excluding carboxylic acids is 1. The van der Waals surface area contributed by atoms with Gasteiger partial charge in [0.05, 0.1) is 16.2 Å². The molecule has 0 unspecified atom stereocenters. The van der Waals surface area contributed by atoms with Crippen molar-refractivity contribution in [3.8, 4) is 0 Å². The predicted octanol–water partition coefficient (Wildman–Crippen LogP) is 4.87. The number of aromatic nitrogens is 2. The average Bonchev–Trinajstić information content (AvgIpc) is 2.68. The van der Waals surface area contributed by atoms with Gasteiger partial charge in [0.25, 0.3) is 5.56 Å². The van der Waals surface area contributed by atoms with E-state index in [2.05, 4.69) is 6.92 Å². The molecule has 0 aliphatic rings. The number of carbonyl (C=O) groups is 1. The van der Waals surface area contributed by atoms with Crippen LogP contribution in [0.4, 0.5) is 0 Å². The first-order valence-electron chi connectivity index (χ1n) is 9.28. The van der Waals surface area contributed by atoms with E-state index in [1.165, 1.54) is 11.8 Å². The number of hydrogen-bond donors (Lipinski definition) is 0. The molecular weight excluding hydrogens is 356 g/mol. The molecule has 4 nitrogen and oxygen atoms in total. The molecule has 0 spiro atoms. The lowest BCUT2D eigenvalue weighted by molar-refractivity contribution is 0.0994. The van der Waals surface area contributed by atoms with Gasteiger partial charge in [-0.15, -0.1) is 0 Å². The highest BCUT2D eigenvalue weighted by molar-refractivity contribution is 8.00. The van der Waals surface area contributed by atoms with E-state index in [-0.39, 0.29) is 16.6 Å². The molecule has 0 radical (unpaired) electrons. The minimum atomic E-state index is -0.325. The van der Waals surface area contributed by atoms with E-state index in [4.69, 9.17) is 4.98 Å². The number of thioether (sulfide) groups is 1. The van der Waals surface area contributed by atoms with Crippen LogP contribution in [0.15, 0.2) is 58.5 Å². The summed E-state index contributed by atoms with van der Waals surface area (Å²) in [5, 5.41) is 0.907. The molecule has 0 saturated carbocycles. The molecule has 2 aromatic carbocycles. The topological polar surface area (TPSA) is 52.0 Å². The van der Waals surface area contributed by atoms with Crippen molar-refractivity contribution >= 4 is 28.4 Å². The number of unbranched alkanes of at least 4 members (excludes halogenated alkanes) is 1. The third kappa shape index (κ3) is 4.30. The summed E-state index contributed by atoms with van der Waals surface area (Å²) < 4.78 is 1.72. The van der Waals surface area contributed by atoms with Crippen LogP contribution >= 0.6 is 11.8 Å². The van der Waals surface area contributed by atoms with Crippen LogP contribution in [0.25, 0.3) is 10.9 Å². The van der Waals surface area contributed by atoms with Crippen molar-refractivity contribution in [3.63, 3.8) is 0 Å². The lowest BCUT2D eigenvalue weighted by Crippen LogP contribution is -2.25. The van der Waals surface area contributed by atoms with Crippen LogP contribution in [0.2, 0.25) is 0 Å². The molecule has 0 amide bonds. The zero-order valence-electron chi connectivity index (χ0n) is 15.9. The number of para-hydroxylation sites is 1. The van der Waals surface area contributed by atoms with E-state index < -0.39 is 0 Å². The van der Waals surface area contributed by atoms with Crippen LogP contribution in [0.1, 0.15) is 42.6 Å². The molecule has 0 bridgehead atoms. The SMILES string of the molecule is CCCCn1c(S[C@@H](C)C(=O)c2ccc(C)cc2)nc2ccccc2c1=O. The van der Waals surface area contributed by atoms with Gasteiger partial charge in [-0.2, -0.15) is 0 Å². The summed E-state index contributed by atoms with van der Waals surface area (Å²) in [5.74, 6) is 0.0458. The van der Waals surface area contributed by atoms with Gasteiger partial charge in [-0.1, -0.05) is 67.1 Å². The van der Waals surface area contributed by atoms with E-state index in [1.807, 2.05) is 62.4 Å². The third-order valence-electron chi connectivity index (χ3n) is 4.55. The first-order chi connectivity index (χ1) is 13.0. The Morgan fingerprint density at radius 3 is 2.56 bits per heavy atom. The van der Waals surface area contributed by atoms with E-state index in [0.29, 0.717) is 28.2 Å². The molecule has 1 aromatic heterocycles. The molecule has 27 heavy (non-hydrogen) atoms. The first kappa shape index (κ1) is 19.4. The molecule has 3 aromatic rings. The summed E-state index contributed by atoms with van der Waals surface area (Å²) in [6, 6.07) is 15.0. The van der Waals surface area contributed by atoms with Crippen molar-refractivity contribution in [2.75, 3.05) is 0 Å². The Morgan fingerprint density at radius 1 is 1.15 bits per heavy atom. The molecule has 0 N–H and O–H groups in total. The number of Topliss-reactive ketones (excluding diaryl/α,β-unsaturated/α-hetero) is 1. The van der Waals surface area contributed by atoms with Gasteiger partial charge in [-0.3, -0.25) is 14.2 Å². The Labute approximate surface area is 163 Å². The molecule has 1 heterocycles. The zero-order valence-corrected chi connectivity index (χ0v) is 16.8. The summed E-state index contributed by atoms with van der Waals surface area (Å²) in [6.45, 7) is 6.58. The largest absolute Gasteiger partial charge is 0.293 e. The Balaban J connectivity index is 1.95. The fraction of sp³-hybridized carbons (Fsp3) is 0.318. The Morgan fingerprint density at radius 2 is 1.85 bits per heavy atom. The van der Waals surface area contributed by atoms with E-state index in [0.717, 1.165) is 18.4 Å². The summed E-state index contributed by atoms with van der Waals surface area (Å²) >= 11 is 1.36. The number of fused-ring (bicyclic) bond motifs is 1. The molecule has 5 heteroatoms. The molecule has 0 fully saturated rings. The highest BCUT2D eigenvalue weighted by Crippen LogP contribution is 2.25. The van der Waals surface area contributed by atoms with Crippen molar-refractivity contribution in [3.05, 3.63) is 70.0 Å². The van der Waals surface area contributed by atoms with E-state index in [9.17, 15) is 9.59 Å². The fourth-order valence-corrected chi connectivity index (χ4v) is 3.93. The Kier molecular flexibility index (Phi) is 6.11. The highest BCUT2D eigenvalue weighted by Gasteiger charge is 2.20. The van der Waals surface area contributed by atoms with Crippen molar-refractivity contribution < 1.29 is 4.79 Å². The summed E-state index contributed by atoms with van der Waals surface area (Å²) in [6.07, 6.45) is 1.88. The lowest BCUT2D eigenvalue weighted by Gasteiger charge is -2.16. The van der Waals surface area contributed by atoms with Gasteiger partial charge in [-0.25, -0.2) is 4.98 Å². The molecule has 0 saturated heterocycles. The minimum absolute atomic E-state index is 0.0356. The van der Waals surface area contributed by atoms with Crippen LogP contribution < -0.4 is 5.56 Å². The van der Waals surface area contributed by atoms with Crippen LogP contribution in [0.5, 0.6) is 0 Å². The second-order valence-corrected chi connectivity index (χ2v) is 8.02. The van der Waals surface area contributed by atoms with Gasteiger partial charge in [0.15, 0.2) is 10.9 Å². The number of hydrogen-bond acceptors (Lipinski definition) is 4. The Bertz CT molecular complexity index is 1010. The summed E-state index contributed by atoms with van der Waals surface area (Å²) in [4.78, 5) is 30.4. The number of rotatable bonds is 7. The minimum Gasteiger partial charge on any atom is -0.293 e. The van der Waals surface area contributed by atoms with Gasteiger partial charge < -0.3 is 0 Å². The predicted molar refractivity (Wildman–Crippen MR) is 112 cm³/mol. The van der Waals surface area contributed by atoms with Crippen LogP contribution in [-0.4, -0.2) is 20.6 Å². The lowest BCUT2D eigenvalue weighted by atomic mass is 10.1. The van der Waals surface area contributed by atoms with Gasteiger partial charge >= 0.3 is 0 Å². The maximum absolute atomic E-state index is 12.9. The standard InChI is InChI=1S/C22H24N2O2S/c1-4-5-14-24-21(26)18-8-6-7-9-19(18)23-22(24)27-16(3)20(25)17-12-10-15(2)11-13-17/h6-13,16H,4-5,14H2,1-3H3/t16-/m0/s1. The second-order valence-electron chi connectivity index (χ2n) is 6.71. The molecule has 140 valence electrons. The van der Waals surface area contributed by atoms with Crippen molar-refractivity contribution in [1.29, 1.82) is 0 Å². The third-order valence-corrected chi connectivity index (χ3v) is 5.64. The van der Waals surface area contributed by atoms with Crippen LogP contribution in [-0.2, 0) is 6.54 Å². The van der Waals surface area contributed by atoms with E-state index in [1.54, 1.807) is 4.57 Å². The van der Waals surface area contributed by atoms with Gasteiger partial charge in [0.2, 0.25) is 0 Å². The van der Waals surface area contributed by atoms with Crippen LogP contribution in [0, 0.1) is 6.92 Å². The van der Waals surface area contributed by atoms with Crippen molar-refractivity contribution in [2.45, 2.75) is 50.6 Å². The quantitative estimate of drug-likeness (QED) is 0.333. The molecule has 3 rings (SSSR count). The number of nitrogens with zero attached hydrogens (tertiary/aromatic N) is 2. The zero-order chi connectivity index (χ0) is 19.4. The van der Waals surface area contributed by atoms with Gasteiger partial charge in [0, 0.05) is 12.1 Å². The maximum Gasteiger partial charge on any atom is 0.262 e. The van der Waals surface area contributed by atoms with Crippen molar-refractivity contribution in [1.82, 2.24) is 9.55 Å². The monoisotopic (exact) mass is 380 g/mol. The Hall–Kier alpha value is -2.40. The molecular formula is C22H24N2O2S. The van der Waals surface area contributed by atoms with E-state index >= 15 is 0 Å². The molecule has 0 aliphatic carbocycles.